The van der Waals surface area contributed by atoms with Crippen LogP contribution >= 0.6 is 0 Å². The van der Waals surface area contributed by atoms with Crippen molar-refractivity contribution in [3.63, 3.8) is 0 Å². The number of aryl methyl sites for hydroxylation is 1. The Morgan fingerprint density at radius 3 is 2.62 bits per heavy atom. The molecule has 34 heavy (non-hydrogen) atoms. The Bertz CT molecular complexity index is 1390. The molecule has 1 unspecified atom stereocenters. The number of hydrogen-bond donors (Lipinski definition) is 0. The van der Waals surface area contributed by atoms with Crippen LogP contribution in [0.15, 0.2) is 71.5 Å². The molecule has 1 amide bonds. The van der Waals surface area contributed by atoms with Crippen molar-refractivity contribution in [2.75, 3.05) is 19.7 Å². The summed E-state index contributed by atoms with van der Waals surface area (Å²) in [6.07, 6.45) is 1.70. The number of likely N-dealkylation sites (tertiary alicyclic amines) is 1. The van der Waals surface area contributed by atoms with Gasteiger partial charge in [0.05, 0.1) is 17.9 Å². The minimum absolute atomic E-state index is 0.0441. The van der Waals surface area contributed by atoms with E-state index in [1.165, 1.54) is 4.68 Å². The summed E-state index contributed by atoms with van der Waals surface area (Å²) in [5.41, 5.74) is 1.20. The summed E-state index contributed by atoms with van der Waals surface area (Å²) in [6, 6.07) is 21.3. The number of carbonyl (C=O) groups is 1. The summed E-state index contributed by atoms with van der Waals surface area (Å²) in [5, 5.41) is 6.47. The predicted octanol–water partition coefficient (Wildman–Crippen LogP) is 4.14. The third-order valence-corrected chi connectivity index (χ3v) is 6.44. The maximum atomic E-state index is 13.9. The Hall–Kier alpha value is -3.87. The molecule has 4 aromatic rings. The van der Waals surface area contributed by atoms with E-state index >= 15 is 0 Å². The van der Waals surface area contributed by atoms with E-state index in [0.717, 1.165) is 29.3 Å². The third-order valence-electron chi connectivity index (χ3n) is 6.44. The Kier molecular flexibility index (Phi) is 5.92. The van der Waals surface area contributed by atoms with Crippen molar-refractivity contribution in [1.82, 2.24) is 19.2 Å². The molecule has 0 radical (unpaired) electrons. The fourth-order valence-electron chi connectivity index (χ4n) is 4.85. The fourth-order valence-corrected chi connectivity index (χ4v) is 4.85. The summed E-state index contributed by atoms with van der Waals surface area (Å²) >= 11 is 0. The predicted molar refractivity (Wildman–Crippen MR) is 132 cm³/mol. The molecule has 0 saturated carbocycles. The number of rotatable bonds is 5. The number of amides is 1. The van der Waals surface area contributed by atoms with Crippen LogP contribution in [0.4, 0.5) is 0 Å². The fraction of sp³-hybridized carbons (Fsp3) is 0.296. The molecule has 1 atom stereocenters. The Labute approximate surface area is 198 Å². The van der Waals surface area contributed by atoms with E-state index in [4.69, 9.17) is 4.74 Å². The number of nitrogens with zero attached hydrogens (tertiary/aromatic N) is 4. The molecule has 1 saturated heterocycles. The highest BCUT2D eigenvalue weighted by molar-refractivity contribution is 6.09. The Balaban J connectivity index is 1.52. The van der Waals surface area contributed by atoms with Crippen LogP contribution in [0.5, 0.6) is 5.75 Å². The van der Waals surface area contributed by atoms with Crippen molar-refractivity contribution >= 4 is 16.7 Å². The number of para-hydroxylation sites is 1. The van der Waals surface area contributed by atoms with Crippen molar-refractivity contribution < 1.29 is 9.53 Å². The van der Waals surface area contributed by atoms with E-state index in [9.17, 15) is 9.59 Å². The molecule has 3 aromatic carbocycles. The van der Waals surface area contributed by atoms with Gasteiger partial charge in [0, 0.05) is 26.1 Å². The maximum absolute atomic E-state index is 13.9. The van der Waals surface area contributed by atoms with E-state index in [2.05, 4.69) is 5.10 Å². The summed E-state index contributed by atoms with van der Waals surface area (Å²) in [5.74, 6) is 1.21. The zero-order chi connectivity index (χ0) is 23.7. The van der Waals surface area contributed by atoms with Crippen LogP contribution in [0.25, 0.3) is 16.5 Å². The van der Waals surface area contributed by atoms with Crippen LogP contribution < -0.4 is 10.4 Å². The van der Waals surface area contributed by atoms with Gasteiger partial charge in [0.2, 0.25) is 0 Å². The normalized spacial score (nSPS) is 16.1. The van der Waals surface area contributed by atoms with Crippen molar-refractivity contribution in [3.8, 4) is 11.4 Å². The zero-order valence-electron chi connectivity index (χ0n) is 19.5. The average Bonchev–Trinajstić information content (AvgIpc) is 3.18. The molecular formula is C27H28N4O3. The van der Waals surface area contributed by atoms with Crippen molar-refractivity contribution in [2.45, 2.75) is 25.7 Å². The number of carbonyl (C=O) groups excluding carboxylic acids is 1. The highest BCUT2D eigenvalue weighted by atomic mass is 16.5. The molecule has 0 N–H and O–H groups in total. The lowest BCUT2D eigenvalue weighted by Crippen LogP contribution is -2.40. The molecule has 0 spiro atoms. The van der Waals surface area contributed by atoms with Gasteiger partial charge in [0.15, 0.2) is 0 Å². The molecule has 5 rings (SSSR count). The quantitative estimate of drug-likeness (QED) is 0.453. The maximum Gasteiger partial charge on any atom is 0.350 e. The average molecular weight is 457 g/mol. The lowest BCUT2D eigenvalue weighted by Gasteiger charge is -2.33. The van der Waals surface area contributed by atoms with Gasteiger partial charge in [-0.2, -0.15) is 5.10 Å². The summed E-state index contributed by atoms with van der Waals surface area (Å²) in [6.45, 7) is 3.56. The molecule has 7 heteroatoms. The first-order valence-electron chi connectivity index (χ1n) is 11.7. The molecule has 0 aliphatic carbocycles. The van der Waals surface area contributed by atoms with Gasteiger partial charge in [-0.1, -0.05) is 48.5 Å². The van der Waals surface area contributed by atoms with Gasteiger partial charge in [-0.25, -0.2) is 14.0 Å². The SMILES string of the molecule is CCOc1ccc2ccccc2c1C(=O)N1CCCC(c2nn(C)c(=O)n2-c2ccccc2)C1. The molecule has 1 aliphatic heterocycles. The first-order valence-corrected chi connectivity index (χ1v) is 11.7. The molecule has 2 heterocycles. The summed E-state index contributed by atoms with van der Waals surface area (Å²) < 4.78 is 8.90. The van der Waals surface area contributed by atoms with Crippen LogP contribution in [0.2, 0.25) is 0 Å². The minimum Gasteiger partial charge on any atom is -0.493 e. The van der Waals surface area contributed by atoms with Crippen molar-refractivity contribution in [3.05, 3.63) is 88.6 Å². The number of aromatic nitrogens is 3. The smallest absolute Gasteiger partial charge is 0.350 e. The van der Waals surface area contributed by atoms with Gasteiger partial charge in [0.1, 0.15) is 11.6 Å². The van der Waals surface area contributed by atoms with Gasteiger partial charge in [-0.15, -0.1) is 0 Å². The third kappa shape index (κ3) is 3.87. The van der Waals surface area contributed by atoms with Crippen LogP contribution in [0, 0.1) is 0 Å². The first kappa shape index (κ1) is 21.9. The second-order valence-corrected chi connectivity index (χ2v) is 8.62. The van der Waals surface area contributed by atoms with Crippen LogP contribution in [0.1, 0.15) is 41.9 Å². The van der Waals surface area contributed by atoms with E-state index in [-0.39, 0.29) is 17.5 Å². The zero-order valence-corrected chi connectivity index (χ0v) is 19.5. The van der Waals surface area contributed by atoms with Crippen LogP contribution in [0.3, 0.4) is 0 Å². The van der Waals surface area contributed by atoms with E-state index in [1.54, 1.807) is 11.6 Å². The number of hydrogen-bond acceptors (Lipinski definition) is 4. The van der Waals surface area contributed by atoms with Crippen LogP contribution in [-0.4, -0.2) is 44.9 Å². The lowest BCUT2D eigenvalue weighted by atomic mass is 9.95. The monoisotopic (exact) mass is 456 g/mol. The largest absolute Gasteiger partial charge is 0.493 e. The van der Waals surface area contributed by atoms with E-state index in [0.29, 0.717) is 36.8 Å². The highest BCUT2D eigenvalue weighted by Crippen LogP contribution is 2.33. The summed E-state index contributed by atoms with van der Waals surface area (Å²) in [7, 11) is 1.67. The number of ether oxygens (including phenoxy) is 1. The molecular weight excluding hydrogens is 428 g/mol. The Morgan fingerprint density at radius 1 is 1.06 bits per heavy atom. The Morgan fingerprint density at radius 2 is 1.82 bits per heavy atom. The molecule has 174 valence electrons. The minimum atomic E-state index is -0.183. The molecule has 7 nitrogen and oxygen atoms in total. The number of benzene rings is 3. The number of piperidine rings is 1. The van der Waals surface area contributed by atoms with Gasteiger partial charge in [-0.3, -0.25) is 4.79 Å². The molecule has 0 bridgehead atoms. The molecule has 1 aromatic heterocycles. The number of fused-ring (bicyclic) bond motifs is 1. The molecule has 1 fully saturated rings. The van der Waals surface area contributed by atoms with Gasteiger partial charge in [-0.05, 0) is 48.7 Å². The molecule has 1 aliphatic rings. The van der Waals surface area contributed by atoms with Crippen molar-refractivity contribution in [1.29, 1.82) is 0 Å². The van der Waals surface area contributed by atoms with E-state index in [1.807, 2.05) is 78.6 Å². The topological polar surface area (TPSA) is 69.4 Å². The van der Waals surface area contributed by atoms with E-state index < -0.39 is 0 Å². The lowest BCUT2D eigenvalue weighted by molar-refractivity contribution is 0.0702. The standard InChI is InChI=1S/C27H28N4O3/c1-3-34-23-16-15-19-10-7-8-14-22(19)24(23)26(32)30-17-9-11-20(18-30)25-28-29(2)27(33)31(25)21-12-5-4-6-13-21/h4-8,10,12-16,20H,3,9,11,17-18H2,1-2H3. The second kappa shape index (κ2) is 9.17. The van der Waals surface area contributed by atoms with Crippen molar-refractivity contribution in [2.24, 2.45) is 7.05 Å². The summed E-state index contributed by atoms with van der Waals surface area (Å²) in [4.78, 5) is 28.6. The van der Waals surface area contributed by atoms with Gasteiger partial charge >= 0.3 is 5.69 Å². The van der Waals surface area contributed by atoms with Gasteiger partial charge in [0.25, 0.3) is 5.91 Å². The second-order valence-electron chi connectivity index (χ2n) is 8.62. The van der Waals surface area contributed by atoms with Gasteiger partial charge < -0.3 is 9.64 Å². The first-order chi connectivity index (χ1) is 16.6. The highest BCUT2D eigenvalue weighted by Gasteiger charge is 2.31. The van der Waals surface area contributed by atoms with Crippen LogP contribution in [-0.2, 0) is 7.05 Å².